The molecule has 7 heteroatoms. The molecule has 4 heterocycles. The average Bonchev–Trinajstić information content (AvgIpc) is 3.16. The Hall–Kier alpha value is -2.38. The third kappa shape index (κ3) is 2.87. The van der Waals surface area contributed by atoms with Crippen molar-refractivity contribution < 1.29 is 9.47 Å². The number of nitrogens with zero attached hydrogens (tertiary/aromatic N) is 3. The highest BCUT2D eigenvalue weighted by molar-refractivity contribution is 5.71. The Kier molecular flexibility index (Phi) is 4.10. The third-order valence-electron chi connectivity index (χ3n) is 5.39. The molecule has 0 spiro atoms. The standard InChI is InChI=1S/C19H23N5O2/c1-2-17-16(9-13(1)14-3-4-20-10-14)23-18-15(11-26-17)19(22-12-21-18)24-5-7-25-8-6-24/h1-2,9,12,14,20H,3-8,10-11H2,(H,21,22,23). The molecule has 3 aliphatic heterocycles. The summed E-state index contributed by atoms with van der Waals surface area (Å²) >= 11 is 0. The van der Waals surface area contributed by atoms with Crippen molar-refractivity contribution in [1.29, 1.82) is 0 Å². The molecule has 5 rings (SSSR count). The van der Waals surface area contributed by atoms with Crippen molar-refractivity contribution in [2.24, 2.45) is 0 Å². The zero-order valence-corrected chi connectivity index (χ0v) is 14.7. The van der Waals surface area contributed by atoms with Gasteiger partial charge in [-0.05, 0) is 36.6 Å². The van der Waals surface area contributed by atoms with E-state index in [0.29, 0.717) is 12.5 Å². The molecule has 0 saturated carbocycles. The van der Waals surface area contributed by atoms with E-state index in [4.69, 9.17) is 9.47 Å². The van der Waals surface area contributed by atoms with Gasteiger partial charge in [0.2, 0.25) is 0 Å². The molecule has 136 valence electrons. The zero-order valence-electron chi connectivity index (χ0n) is 14.7. The lowest BCUT2D eigenvalue weighted by Crippen LogP contribution is -2.37. The molecule has 2 aromatic rings. The van der Waals surface area contributed by atoms with Gasteiger partial charge in [-0.25, -0.2) is 9.97 Å². The first kappa shape index (κ1) is 15.8. The minimum atomic E-state index is 0.465. The summed E-state index contributed by atoms with van der Waals surface area (Å²) in [4.78, 5) is 11.3. The van der Waals surface area contributed by atoms with Crippen molar-refractivity contribution in [3.8, 4) is 5.75 Å². The molecule has 7 nitrogen and oxygen atoms in total. The fourth-order valence-electron chi connectivity index (χ4n) is 3.93. The van der Waals surface area contributed by atoms with Gasteiger partial charge in [0.1, 0.15) is 30.3 Å². The van der Waals surface area contributed by atoms with E-state index in [1.165, 1.54) is 12.0 Å². The SMILES string of the molecule is c1nc2c(c(N3CCOCC3)n1)COc1ccc(C3CCNC3)cc1N2. The van der Waals surface area contributed by atoms with Crippen LogP contribution in [0.5, 0.6) is 5.75 Å². The van der Waals surface area contributed by atoms with Gasteiger partial charge in [0.05, 0.1) is 24.5 Å². The molecular weight excluding hydrogens is 330 g/mol. The number of fused-ring (bicyclic) bond motifs is 2. The summed E-state index contributed by atoms with van der Waals surface area (Å²) in [5, 5.41) is 6.93. The molecule has 3 aliphatic rings. The molecule has 0 radical (unpaired) electrons. The van der Waals surface area contributed by atoms with Gasteiger partial charge in [-0.15, -0.1) is 0 Å². The van der Waals surface area contributed by atoms with Crippen LogP contribution in [0.2, 0.25) is 0 Å². The van der Waals surface area contributed by atoms with Crippen LogP contribution in [0.3, 0.4) is 0 Å². The Bertz CT molecular complexity index is 801. The summed E-state index contributed by atoms with van der Waals surface area (Å²) < 4.78 is 11.6. The van der Waals surface area contributed by atoms with E-state index in [2.05, 4.69) is 43.7 Å². The maximum atomic E-state index is 6.11. The van der Waals surface area contributed by atoms with Crippen molar-refractivity contribution >= 4 is 17.3 Å². The van der Waals surface area contributed by atoms with Gasteiger partial charge < -0.3 is 25.0 Å². The van der Waals surface area contributed by atoms with Gasteiger partial charge in [0, 0.05) is 19.6 Å². The highest BCUT2D eigenvalue weighted by atomic mass is 16.5. The van der Waals surface area contributed by atoms with Crippen LogP contribution in [0.4, 0.5) is 17.3 Å². The predicted molar refractivity (Wildman–Crippen MR) is 99.3 cm³/mol. The van der Waals surface area contributed by atoms with Crippen molar-refractivity contribution in [1.82, 2.24) is 15.3 Å². The monoisotopic (exact) mass is 353 g/mol. The summed E-state index contributed by atoms with van der Waals surface area (Å²) in [5.74, 6) is 3.21. The molecule has 1 aromatic carbocycles. The Morgan fingerprint density at radius 3 is 2.92 bits per heavy atom. The average molecular weight is 353 g/mol. The molecule has 0 bridgehead atoms. The van der Waals surface area contributed by atoms with Gasteiger partial charge >= 0.3 is 0 Å². The number of hydrogen-bond acceptors (Lipinski definition) is 7. The highest BCUT2D eigenvalue weighted by Gasteiger charge is 2.24. The zero-order chi connectivity index (χ0) is 17.3. The molecule has 26 heavy (non-hydrogen) atoms. The summed E-state index contributed by atoms with van der Waals surface area (Å²) in [7, 11) is 0. The Labute approximate surface area is 152 Å². The van der Waals surface area contributed by atoms with E-state index in [1.807, 2.05) is 0 Å². The van der Waals surface area contributed by atoms with E-state index in [0.717, 1.165) is 68.0 Å². The Morgan fingerprint density at radius 2 is 2.08 bits per heavy atom. The fourth-order valence-corrected chi connectivity index (χ4v) is 3.93. The number of hydrogen-bond donors (Lipinski definition) is 2. The van der Waals surface area contributed by atoms with Crippen LogP contribution < -0.4 is 20.3 Å². The van der Waals surface area contributed by atoms with Crippen molar-refractivity contribution in [2.75, 3.05) is 49.6 Å². The normalized spacial score (nSPS) is 22.0. The molecule has 2 N–H and O–H groups in total. The lowest BCUT2D eigenvalue weighted by molar-refractivity contribution is 0.122. The lowest BCUT2D eigenvalue weighted by Gasteiger charge is -2.29. The van der Waals surface area contributed by atoms with Gasteiger partial charge in [-0.2, -0.15) is 0 Å². The lowest BCUT2D eigenvalue weighted by atomic mass is 9.98. The van der Waals surface area contributed by atoms with Crippen LogP contribution in [0.15, 0.2) is 24.5 Å². The molecule has 0 aliphatic carbocycles. The molecule has 1 aromatic heterocycles. The molecule has 0 amide bonds. The summed E-state index contributed by atoms with van der Waals surface area (Å²) in [5.41, 5.74) is 3.34. The van der Waals surface area contributed by atoms with E-state index in [1.54, 1.807) is 6.33 Å². The van der Waals surface area contributed by atoms with Crippen LogP contribution in [0.1, 0.15) is 23.5 Å². The second kappa shape index (κ2) is 6.74. The predicted octanol–water partition coefficient (Wildman–Crippen LogP) is 2.03. The highest BCUT2D eigenvalue weighted by Crippen LogP contribution is 2.38. The van der Waals surface area contributed by atoms with E-state index < -0.39 is 0 Å². The van der Waals surface area contributed by atoms with Crippen LogP contribution in [0, 0.1) is 0 Å². The number of morpholine rings is 1. The van der Waals surface area contributed by atoms with Crippen molar-refractivity contribution in [3.63, 3.8) is 0 Å². The van der Waals surface area contributed by atoms with Gasteiger partial charge in [-0.1, -0.05) is 6.07 Å². The van der Waals surface area contributed by atoms with Gasteiger partial charge in [0.25, 0.3) is 0 Å². The first-order valence-corrected chi connectivity index (χ1v) is 9.29. The van der Waals surface area contributed by atoms with E-state index in [9.17, 15) is 0 Å². The minimum absolute atomic E-state index is 0.465. The van der Waals surface area contributed by atoms with Crippen LogP contribution in [-0.2, 0) is 11.3 Å². The molecule has 2 saturated heterocycles. The van der Waals surface area contributed by atoms with Crippen LogP contribution in [-0.4, -0.2) is 49.4 Å². The first-order chi connectivity index (χ1) is 12.9. The number of ether oxygens (including phenoxy) is 2. The quantitative estimate of drug-likeness (QED) is 0.856. The minimum Gasteiger partial charge on any atom is -0.486 e. The smallest absolute Gasteiger partial charge is 0.143 e. The Morgan fingerprint density at radius 1 is 1.15 bits per heavy atom. The van der Waals surface area contributed by atoms with Gasteiger partial charge in [-0.3, -0.25) is 0 Å². The topological polar surface area (TPSA) is 71.5 Å². The molecule has 2 fully saturated rings. The molecular formula is C19H23N5O2. The number of anilines is 3. The molecule has 1 atom stereocenters. The maximum Gasteiger partial charge on any atom is 0.143 e. The van der Waals surface area contributed by atoms with Crippen molar-refractivity contribution in [3.05, 3.63) is 35.7 Å². The van der Waals surface area contributed by atoms with E-state index in [-0.39, 0.29) is 0 Å². The van der Waals surface area contributed by atoms with E-state index >= 15 is 0 Å². The summed E-state index contributed by atoms with van der Waals surface area (Å²) in [6.07, 6.45) is 2.81. The second-order valence-electron chi connectivity index (χ2n) is 6.98. The fraction of sp³-hybridized carbons (Fsp3) is 0.474. The van der Waals surface area contributed by atoms with Crippen LogP contribution in [0.25, 0.3) is 0 Å². The number of benzene rings is 1. The Balaban J connectivity index is 1.47. The number of nitrogens with one attached hydrogen (secondary N) is 2. The first-order valence-electron chi connectivity index (χ1n) is 9.29. The summed E-state index contributed by atoms with van der Waals surface area (Å²) in [6, 6.07) is 6.46. The second-order valence-corrected chi connectivity index (χ2v) is 6.98. The largest absolute Gasteiger partial charge is 0.486 e. The van der Waals surface area contributed by atoms with Crippen molar-refractivity contribution in [2.45, 2.75) is 18.9 Å². The number of aromatic nitrogens is 2. The third-order valence-corrected chi connectivity index (χ3v) is 5.39. The van der Waals surface area contributed by atoms with Gasteiger partial charge in [0.15, 0.2) is 0 Å². The summed E-state index contributed by atoms with van der Waals surface area (Å²) in [6.45, 7) is 5.74. The molecule has 1 unspecified atom stereocenters. The number of rotatable bonds is 2. The van der Waals surface area contributed by atoms with Crippen LogP contribution >= 0.6 is 0 Å². The maximum absolute atomic E-state index is 6.11.